The first kappa shape index (κ1) is 25.8. The summed E-state index contributed by atoms with van der Waals surface area (Å²) in [5, 5.41) is 16.9. The average Bonchev–Trinajstić information content (AvgIpc) is 3.53. The molecule has 38 heavy (non-hydrogen) atoms. The topological polar surface area (TPSA) is 95.5 Å². The van der Waals surface area contributed by atoms with E-state index in [9.17, 15) is 13.6 Å². The summed E-state index contributed by atoms with van der Waals surface area (Å²) in [5.74, 6) is -0.122. The fourth-order valence-corrected chi connectivity index (χ4v) is 4.77. The zero-order valence-corrected chi connectivity index (χ0v) is 22.1. The number of anilines is 1. The Morgan fingerprint density at radius 1 is 1.11 bits per heavy atom. The molecule has 196 valence electrons. The monoisotopic (exact) mass is 558 g/mol. The molecule has 4 heterocycles. The van der Waals surface area contributed by atoms with E-state index in [4.69, 9.17) is 23.2 Å². The molecule has 0 bridgehead atoms. The van der Waals surface area contributed by atoms with Crippen LogP contribution in [-0.4, -0.2) is 40.2 Å². The van der Waals surface area contributed by atoms with Crippen molar-refractivity contribution in [3.05, 3.63) is 75.3 Å². The molecule has 0 saturated carbocycles. The van der Waals surface area contributed by atoms with Crippen LogP contribution in [0.5, 0.6) is 0 Å². The van der Waals surface area contributed by atoms with E-state index in [2.05, 4.69) is 25.6 Å². The fourth-order valence-electron chi connectivity index (χ4n) is 4.25. The van der Waals surface area contributed by atoms with Crippen molar-refractivity contribution in [2.24, 2.45) is 7.05 Å². The van der Waals surface area contributed by atoms with Gasteiger partial charge in [0.25, 0.3) is 6.43 Å². The molecular weight excluding hydrogens is 537 g/mol. The minimum absolute atomic E-state index is 0.185. The second-order valence-corrected chi connectivity index (χ2v) is 9.63. The summed E-state index contributed by atoms with van der Waals surface area (Å²) >= 11 is 12.6. The minimum Gasteiger partial charge on any atom is -0.308 e. The summed E-state index contributed by atoms with van der Waals surface area (Å²) in [6.07, 6.45) is 0.468. The maximum absolute atomic E-state index is 14.0. The Labute approximate surface area is 226 Å². The molecule has 0 fully saturated rings. The first-order chi connectivity index (χ1) is 18.1. The van der Waals surface area contributed by atoms with Crippen LogP contribution in [0, 0.1) is 13.8 Å². The molecule has 0 atom stereocenters. The SMILES string of the molecule is Cc1nn(CC(=O)Nc2cc(C)n(Cc3c(Cl)cccc3Cl)n2)c2nc(-c3cnn(C)c3)cc(C(F)F)c12. The lowest BCUT2D eigenvalue weighted by atomic mass is 10.1. The molecular formula is C25H22Cl2F2N8O. The van der Waals surface area contributed by atoms with Gasteiger partial charge in [-0.1, -0.05) is 29.3 Å². The third-order valence-electron chi connectivity index (χ3n) is 6.06. The normalized spacial score (nSPS) is 11.6. The molecule has 13 heteroatoms. The van der Waals surface area contributed by atoms with Crippen LogP contribution in [0.2, 0.25) is 10.0 Å². The van der Waals surface area contributed by atoms with Gasteiger partial charge in [0.05, 0.1) is 29.5 Å². The van der Waals surface area contributed by atoms with Gasteiger partial charge in [-0.25, -0.2) is 18.4 Å². The number of aromatic nitrogens is 7. The molecule has 0 saturated heterocycles. The Bertz CT molecular complexity index is 1650. The number of nitrogens with zero attached hydrogens (tertiary/aromatic N) is 7. The van der Waals surface area contributed by atoms with E-state index < -0.39 is 12.3 Å². The van der Waals surface area contributed by atoms with E-state index in [1.165, 1.54) is 16.9 Å². The van der Waals surface area contributed by atoms with Gasteiger partial charge in [-0.15, -0.1) is 0 Å². The summed E-state index contributed by atoms with van der Waals surface area (Å²) in [4.78, 5) is 17.5. The predicted octanol–water partition coefficient (Wildman–Crippen LogP) is 5.58. The van der Waals surface area contributed by atoms with E-state index in [0.29, 0.717) is 44.9 Å². The number of nitrogens with one attached hydrogen (secondary N) is 1. The molecule has 1 N–H and O–H groups in total. The number of hydrogen-bond donors (Lipinski definition) is 1. The van der Waals surface area contributed by atoms with E-state index in [1.54, 1.807) is 53.8 Å². The molecule has 1 aromatic carbocycles. The third-order valence-corrected chi connectivity index (χ3v) is 6.76. The summed E-state index contributed by atoms with van der Waals surface area (Å²) in [5.41, 5.74) is 2.71. The first-order valence-corrected chi connectivity index (χ1v) is 12.3. The second kappa shape index (κ2) is 10.1. The number of aryl methyl sites for hydroxylation is 3. The summed E-state index contributed by atoms with van der Waals surface area (Å²) in [6, 6.07) is 8.30. The highest BCUT2D eigenvalue weighted by Gasteiger charge is 2.22. The largest absolute Gasteiger partial charge is 0.308 e. The van der Waals surface area contributed by atoms with Crippen LogP contribution >= 0.6 is 23.2 Å². The Morgan fingerprint density at radius 2 is 1.84 bits per heavy atom. The highest BCUT2D eigenvalue weighted by molar-refractivity contribution is 6.36. The number of benzene rings is 1. The van der Waals surface area contributed by atoms with E-state index >= 15 is 0 Å². The van der Waals surface area contributed by atoms with Crippen molar-refractivity contribution in [3.8, 4) is 11.3 Å². The summed E-state index contributed by atoms with van der Waals surface area (Å²) < 4.78 is 32.5. The maximum atomic E-state index is 14.0. The quantitative estimate of drug-likeness (QED) is 0.281. The number of carbonyl (C=O) groups is 1. The number of alkyl halides is 2. The number of carbonyl (C=O) groups excluding carboxylic acids is 1. The van der Waals surface area contributed by atoms with Gasteiger partial charge >= 0.3 is 0 Å². The molecule has 5 aromatic rings. The Morgan fingerprint density at radius 3 is 2.50 bits per heavy atom. The van der Waals surface area contributed by atoms with Crippen LogP contribution in [0.15, 0.2) is 42.7 Å². The van der Waals surface area contributed by atoms with Crippen molar-refractivity contribution in [1.82, 2.24) is 34.3 Å². The molecule has 5 rings (SSSR count). The highest BCUT2D eigenvalue weighted by atomic mass is 35.5. The number of halogens is 4. The molecule has 0 aliphatic carbocycles. The van der Waals surface area contributed by atoms with Crippen molar-refractivity contribution in [3.63, 3.8) is 0 Å². The van der Waals surface area contributed by atoms with Crippen molar-refractivity contribution in [2.45, 2.75) is 33.4 Å². The Kier molecular flexibility index (Phi) is 6.89. The van der Waals surface area contributed by atoms with Gasteiger partial charge in [-0.05, 0) is 32.0 Å². The molecule has 0 aliphatic heterocycles. The maximum Gasteiger partial charge on any atom is 0.264 e. The minimum atomic E-state index is -2.75. The average molecular weight is 559 g/mol. The van der Waals surface area contributed by atoms with E-state index in [0.717, 1.165) is 5.69 Å². The van der Waals surface area contributed by atoms with E-state index in [-0.39, 0.29) is 23.1 Å². The number of rotatable bonds is 7. The zero-order valence-electron chi connectivity index (χ0n) is 20.6. The molecule has 1 amide bonds. The molecule has 0 unspecified atom stereocenters. The number of hydrogen-bond acceptors (Lipinski definition) is 5. The third kappa shape index (κ3) is 4.99. The van der Waals surface area contributed by atoms with Crippen LogP contribution in [0.25, 0.3) is 22.3 Å². The van der Waals surface area contributed by atoms with Crippen LogP contribution in [0.4, 0.5) is 14.6 Å². The van der Waals surface area contributed by atoms with Crippen molar-refractivity contribution < 1.29 is 13.6 Å². The Balaban J connectivity index is 1.41. The van der Waals surface area contributed by atoms with Gasteiger partial charge < -0.3 is 5.32 Å². The van der Waals surface area contributed by atoms with Crippen LogP contribution in [-0.2, 0) is 24.9 Å². The van der Waals surface area contributed by atoms with Crippen molar-refractivity contribution in [1.29, 1.82) is 0 Å². The Hall–Kier alpha value is -3.83. The molecule has 4 aromatic heterocycles. The van der Waals surface area contributed by atoms with Gasteiger partial charge in [-0.2, -0.15) is 15.3 Å². The highest BCUT2D eigenvalue weighted by Crippen LogP contribution is 2.33. The zero-order chi connectivity index (χ0) is 27.1. The van der Waals surface area contributed by atoms with Gasteiger partial charge in [-0.3, -0.25) is 14.2 Å². The van der Waals surface area contributed by atoms with Gasteiger partial charge in [0.15, 0.2) is 11.5 Å². The van der Waals surface area contributed by atoms with Gasteiger partial charge in [0, 0.05) is 51.7 Å². The number of pyridine rings is 1. The summed E-state index contributed by atoms with van der Waals surface area (Å²) in [7, 11) is 1.72. The van der Waals surface area contributed by atoms with Gasteiger partial charge in [0.1, 0.15) is 6.54 Å². The fraction of sp³-hybridized carbons (Fsp3) is 0.240. The standard InChI is InChI=1S/C25H22Cl2F2N8O/c1-13-7-21(34-36(13)11-17-18(26)5-4-6-19(17)27)32-22(38)12-37-25-23(14(2)33-37)16(24(28)29)8-20(31-25)15-9-30-35(3)10-15/h4-10,24H,11-12H2,1-3H3,(H,32,34,38). The number of amides is 1. The molecule has 0 spiro atoms. The predicted molar refractivity (Wildman–Crippen MR) is 141 cm³/mol. The van der Waals surface area contributed by atoms with Crippen LogP contribution < -0.4 is 5.32 Å². The lowest BCUT2D eigenvalue weighted by Gasteiger charge is -2.09. The second-order valence-electron chi connectivity index (χ2n) is 8.82. The molecule has 0 aliphatic rings. The molecule has 0 radical (unpaired) electrons. The van der Waals surface area contributed by atoms with Crippen molar-refractivity contribution in [2.75, 3.05) is 5.32 Å². The smallest absolute Gasteiger partial charge is 0.264 e. The van der Waals surface area contributed by atoms with E-state index in [1.807, 2.05) is 6.92 Å². The van der Waals surface area contributed by atoms with Crippen LogP contribution in [0.1, 0.15) is 28.9 Å². The van der Waals surface area contributed by atoms with Crippen LogP contribution in [0.3, 0.4) is 0 Å². The lowest BCUT2D eigenvalue weighted by molar-refractivity contribution is -0.116. The van der Waals surface area contributed by atoms with Gasteiger partial charge in [0.2, 0.25) is 5.91 Å². The van der Waals surface area contributed by atoms with Crippen molar-refractivity contribution >= 4 is 46.0 Å². The number of fused-ring (bicyclic) bond motifs is 1. The summed E-state index contributed by atoms with van der Waals surface area (Å²) in [6.45, 7) is 3.52. The molecule has 9 nitrogen and oxygen atoms in total. The lowest BCUT2D eigenvalue weighted by Crippen LogP contribution is -2.20. The first-order valence-electron chi connectivity index (χ1n) is 11.5.